The maximum Gasteiger partial charge on any atom is 0.416 e. The molecular weight excluding hydrogens is 637 g/mol. The van der Waals surface area contributed by atoms with Crippen molar-refractivity contribution in [3.63, 3.8) is 0 Å². The van der Waals surface area contributed by atoms with E-state index >= 15 is 0 Å². The van der Waals surface area contributed by atoms with Gasteiger partial charge in [-0.2, -0.15) is 18.2 Å². The summed E-state index contributed by atoms with van der Waals surface area (Å²) in [7, 11) is -3.68. The highest BCUT2D eigenvalue weighted by atomic mass is 32.2. The van der Waals surface area contributed by atoms with Gasteiger partial charge in [0.2, 0.25) is 15.9 Å². The van der Waals surface area contributed by atoms with Crippen molar-refractivity contribution in [1.29, 1.82) is 0 Å². The first kappa shape index (κ1) is 32.8. The third-order valence-electron chi connectivity index (χ3n) is 9.28. The number of carbonyl (C=O) groups excluding carboxylic acids is 2. The summed E-state index contributed by atoms with van der Waals surface area (Å²) >= 11 is 0. The van der Waals surface area contributed by atoms with Crippen LogP contribution in [0.4, 0.5) is 13.2 Å². The average molecular weight is 673 g/mol. The van der Waals surface area contributed by atoms with Gasteiger partial charge in [0.05, 0.1) is 11.3 Å². The molecule has 1 aromatic heterocycles. The second-order valence-corrected chi connectivity index (χ2v) is 14.5. The van der Waals surface area contributed by atoms with Crippen molar-refractivity contribution in [3.05, 3.63) is 82.0 Å². The number of hydrogen-bond acceptors (Lipinski definition) is 8. The Bertz CT molecular complexity index is 1820. The third-order valence-corrected chi connectivity index (χ3v) is 11.2. The van der Waals surface area contributed by atoms with E-state index in [1.807, 2.05) is 6.92 Å². The summed E-state index contributed by atoms with van der Waals surface area (Å²) in [5.74, 6) is 0.701. The molecule has 47 heavy (non-hydrogen) atoms. The van der Waals surface area contributed by atoms with Gasteiger partial charge in [-0.15, -0.1) is 0 Å². The van der Waals surface area contributed by atoms with E-state index in [4.69, 9.17) is 4.52 Å². The molecule has 1 spiro atoms. The van der Waals surface area contributed by atoms with E-state index in [-0.39, 0.29) is 61.3 Å². The molecule has 2 fully saturated rings. The summed E-state index contributed by atoms with van der Waals surface area (Å²) in [6, 6.07) is 9.90. The molecule has 6 rings (SSSR count). The number of likely N-dealkylation sites (tertiary alicyclic amines) is 1. The molecular formula is C32H35F3N6O5S. The van der Waals surface area contributed by atoms with Gasteiger partial charge in [0.15, 0.2) is 5.82 Å². The molecule has 3 aliphatic rings. The van der Waals surface area contributed by atoms with E-state index in [9.17, 15) is 31.2 Å². The number of aromatic nitrogens is 2. The highest BCUT2D eigenvalue weighted by Crippen LogP contribution is 2.34. The van der Waals surface area contributed by atoms with E-state index in [2.05, 4.69) is 20.4 Å². The summed E-state index contributed by atoms with van der Waals surface area (Å²) in [4.78, 5) is 36.7. The van der Waals surface area contributed by atoms with Crippen LogP contribution in [0, 0.1) is 13.8 Å². The van der Waals surface area contributed by atoms with Crippen molar-refractivity contribution < 1.29 is 35.7 Å². The Balaban J connectivity index is 1.03. The SMILES string of the molecule is Cc1noc(C2CCN(C(=O)c3ccc(CCS(=O)(=O)N4CCC5(CC4)N=C(c4cccc(C(F)(F)F)c4)NC5=O)c(C)c3)CC2)n1. The molecule has 0 saturated carbocycles. The van der Waals surface area contributed by atoms with Gasteiger partial charge in [0.25, 0.3) is 11.8 Å². The molecule has 0 radical (unpaired) electrons. The van der Waals surface area contributed by atoms with E-state index in [1.165, 1.54) is 16.4 Å². The Morgan fingerprint density at radius 2 is 1.79 bits per heavy atom. The van der Waals surface area contributed by atoms with Crippen molar-refractivity contribution in [2.75, 3.05) is 31.9 Å². The Morgan fingerprint density at radius 1 is 1.06 bits per heavy atom. The maximum atomic E-state index is 13.3. The smallest absolute Gasteiger partial charge is 0.339 e. The van der Waals surface area contributed by atoms with Crippen LogP contribution in [0.1, 0.15) is 75.9 Å². The van der Waals surface area contributed by atoms with E-state index < -0.39 is 33.2 Å². The van der Waals surface area contributed by atoms with Crippen LogP contribution in [0.25, 0.3) is 0 Å². The van der Waals surface area contributed by atoms with Gasteiger partial charge in [-0.1, -0.05) is 23.4 Å². The van der Waals surface area contributed by atoms with Crippen LogP contribution < -0.4 is 5.32 Å². The van der Waals surface area contributed by atoms with E-state index in [1.54, 1.807) is 30.0 Å². The fourth-order valence-electron chi connectivity index (χ4n) is 6.44. The minimum absolute atomic E-state index is 0.0538. The molecule has 250 valence electrons. The molecule has 11 nitrogen and oxygen atoms in total. The molecule has 2 amide bonds. The average Bonchev–Trinajstić information content (AvgIpc) is 3.62. The molecule has 1 N–H and O–H groups in total. The van der Waals surface area contributed by atoms with E-state index in [0.717, 1.165) is 36.1 Å². The number of aliphatic imine (C=N–C) groups is 1. The lowest BCUT2D eigenvalue weighted by Gasteiger charge is -2.34. The molecule has 2 saturated heterocycles. The molecule has 3 aromatic rings. The number of hydrogen-bond donors (Lipinski definition) is 1. The number of nitrogens with one attached hydrogen (secondary N) is 1. The summed E-state index contributed by atoms with van der Waals surface area (Å²) < 4.78 is 72.8. The second kappa shape index (κ2) is 12.5. The maximum absolute atomic E-state index is 13.3. The summed E-state index contributed by atoms with van der Waals surface area (Å²) in [6.07, 6.45) is -2.60. The number of amides is 2. The highest BCUT2D eigenvalue weighted by Gasteiger charge is 2.47. The number of amidine groups is 1. The number of nitrogens with zero attached hydrogens (tertiary/aromatic N) is 5. The monoisotopic (exact) mass is 672 g/mol. The van der Waals surface area contributed by atoms with E-state index in [0.29, 0.717) is 30.4 Å². The number of sulfonamides is 1. The first-order valence-corrected chi connectivity index (χ1v) is 17.1. The van der Waals surface area contributed by atoms with Crippen molar-refractivity contribution >= 4 is 27.7 Å². The van der Waals surface area contributed by atoms with Gasteiger partial charge in [-0.05, 0) is 81.3 Å². The molecule has 3 aliphatic heterocycles. The molecule has 0 atom stereocenters. The van der Waals surface area contributed by atoms with Crippen LogP contribution in [0.3, 0.4) is 0 Å². The van der Waals surface area contributed by atoms with Gasteiger partial charge < -0.3 is 14.7 Å². The van der Waals surface area contributed by atoms with Crippen molar-refractivity contribution in [3.8, 4) is 0 Å². The number of rotatable bonds is 7. The molecule has 0 aliphatic carbocycles. The number of alkyl halides is 3. The normalized spacial score (nSPS) is 19.2. The zero-order chi connectivity index (χ0) is 33.6. The Kier molecular flexibility index (Phi) is 8.72. The fraction of sp³-hybridized carbons (Fsp3) is 0.469. The van der Waals surface area contributed by atoms with Gasteiger partial charge in [0.1, 0.15) is 11.4 Å². The zero-order valence-electron chi connectivity index (χ0n) is 26.0. The third kappa shape index (κ3) is 6.82. The molecule has 4 heterocycles. The number of carbonyl (C=O) groups is 2. The lowest BCUT2D eigenvalue weighted by Crippen LogP contribution is -2.50. The highest BCUT2D eigenvalue weighted by molar-refractivity contribution is 7.89. The van der Waals surface area contributed by atoms with Crippen LogP contribution in [-0.4, -0.2) is 82.9 Å². The minimum Gasteiger partial charge on any atom is -0.339 e. The number of aryl methyl sites for hydroxylation is 3. The van der Waals surface area contributed by atoms with Gasteiger partial charge >= 0.3 is 6.18 Å². The van der Waals surface area contributed by atoms with Crippen LogP contribution in [-0.2, 0) is 27.4 Å². The largest absolute Gasteiger partial charge is 0.416 e. The quantitative estimate of drug-likeness (QED) is 0.401. The summed E-state index contributed by atoms with van der Waals surface area (Å²) in [5.41, 5.74) is 0.243. The number of piperidine rings is 2. The summed E-state index contributed by atoms with van der Waals surface area (Å²) in [5, 5.41) is 6.45. The Labute approximate surface area is 270 Å². The van der Waals surface area contributed by atoms with Crippen LogP contribution in [0.2, 0.25) is 0 Å². The van der Waals surface area contributed by atoms with Crippen molar-refractivity contribution in [2.24, 2.45) is 4.99 Å². The number of halogens is 3. The predicted octanol–water partition coefficient (Wildman–Crippen LogP) is 4.01. The van der Waals surface area contributed by atoms with Crippen molar-refractivity contribution in [1.82, 2.24) is 24.7 Å². The van der Waals surface area contributed by atoms with Crippen molar-refractivity contribution in [2.45, 2.75) is 63.6 Å². The second-order valence-electron chi connectivity index (χ2n) is 12.4. The Morgan fingerprint density at radius 3 is 2.43 bits per heavy atom. The lowest BCUT2D eigenvalue weighted by molar-refractivity contribution is -0.137. The molecule has 15 heteroatoms. The lowest BCUT2D eigenvalue weighted by atomic mass is 9.89. The van der Waals surface area contributed by atoms with Gasteiger partial charge in [0, 0.05) is 43.2 Å². The molecule has 2 aromatic carbocycles. The standard InChI is InChI=1S/C32H35F3N6O5S/c1-20-18-25(29(42)40-13-8-23(9-14-40)28-36-21(2)39-46-28)7-6-22(20)10-17-47(44,45)41-15-11-31(12-16-41)30(43)37-27(38-31)24-4-3-5-26(19-24)32(33,34)35/h3-7,18-19,23H,8-17H2,1-2H3,(H,37,38,43). The van der Waals surface area contributed by atoms with Crippen LogP contribution in [0.15, 0.2) is 52.0 Å². The fourth-order valence-corrected chi connectivity index (χ4v) is 7.91. The molecule has 0 bridgehead atoms. The summed E-state index contributed by atoms with van der Waals surface area (Å²) in [6.45, 7) is 4.89. The van der Waals surface area contributed by atoms with Gasteiger partial charge in [-0.3, -0.25) is 14.6 Å². The Hall–Kier alpha value is -4.11. The topological polar surface area (TPSA) is 138 Å². The van der Waals surface area contributed by atoms with Gasteiger partial charge in [-0.25, -0.2) is 12.7 Å². The number of benzene rings is 2. The van der Waals surface area contributed by atoms with Crippen LogP contribution >= 0.6 is 0 Å². The van der Waals surface area contributed by atoms with Crippen LogP contribution in [0.5, 0.6) is 0 Å². The first-order valence-electron chi connectivity index (χ1n) is 15.5. The zero-order valence-corrected chi connectivity index (χ0v) is 26.8. The minimum atomic E-state index is -4.54. The first-order chi connectivity index (χ1) is 22.2. The predicted molar refractivity (Wildman–Crippen MR) is 165 cm³/mol. The molecule has 0 unspecified atom stereocenters.